The van der Waals surface area contributed by atoms with Crippen molar-refractivity contribution in [2.24, 2.45) is 5.73 Å². The van der Waals surface area contributed by atoms with Gasteiger partial charge in [-0.3, -0.25) is 14.5 Å². The van der Waals surface area contributed by atoms with E-state index in [0.29, 0.717) is 46.7 Å². The number of pyridine rings is 1. The highest BCUT2D eigenvalue weighted by Gasteiger charge is 2.25. The molecule has 1 aliphatic heterocycles. The molecule has 0 radical (unpaired) electrons. The maximum Gasteiger partial charge on any atom is 0.260 e. The van der Waals surface area contributed by atoms with Gasteiger partial charge in [-0.2, -0.15) is 0 Å². The highest BCUT2D eigenvalue weighted by molar-refractivity contribution is 7.22. The third-order valence-electron chi connectivity index (χ3n) is 5.07. The summed E-state index contributed by atoms with van der Waals surface area (Å²) >= 11 is 1.30. The fourth-order valence-corrected chi connectivity index (χ4v) is 4.55. The normalized spacial score (nSPS) is 12.5. The molecule has 4 aromatic rings. The Labute approximate surface area is 192 Å². The summed E-state index contributed by atoms with van der Waals surface area (Å²) in [5.74, 6) is 0.426. The molecular formula is C23H19N5O4S. The number of ether oxygens (including phenoxy) is 2. The van der Waals surface area contributed by atoms with Crippen LogP contribution >= 0.6 is 11.3 Å². The largest absolute Gasteiger partial charge is 0.486 e. The molecule has 166 valence electrons. The first kappa shape index (κ1) is 20.7. The van der Waals surface area contributed by atoms with E-state index in [1.807, 2.05) is 24.3 Å². The van der Waals surface area contributed by atoms with E-state index in [-0.39, 0.29) is 6.54 Å². The predicted molar refractivity (Wildman–Crippen MR) is 126 cm³/mol. The number of carbonyl (C=O) groups is 2. The second-order valence-electron chi connectivity index (χ2n) is 7.36. The van der Waals surface area contributed by atoms with E-state index in [4.69, 9.17) is 20.9 Å². The smallest absolute Gasteiger partial charge is 0.260 e. The summed E-state index contributed by atoms with van der Waals surface area (Å²) in [6.07, 6.45) is 1.65. The van der Waals surface area contributed by atoms with Gasteiger partial charge in [0.15, 0.2) is 16.6 Å². The molecule has 0 spiro atoms. The van der Waals surface area contributed by atoms with Gasteiger partial charge in [-0.25, -0.2) is 9.97 Å². The van der Waals surface area contributed by atoms with Gasteiger partial charge < -0.3 is 20.9 Å². The molecule has 0 saturated carbocycles. The summed E-state index contributed by atoms with van der Waals surface area (Å²) in [6.45, 7) is 0.549. The maximum absolute atomic E-state index is 13.3. The molecular weight excluding hydrogens is 442 g/mol. The molecule has 10 heteroatoms. The van der Waals surface area contributed by atoms with E-state index < -0.39 is 11.8 Å². The number of nitrogens with zero attached hydrogens (tertiary/aromatic N) is 3. The first-order chi connectivity index (χ1) is 16.0. The van der Waals surface area contributed by atoms with Gasteiger partial charge >= 0.3 is 0 Å². The highest BCUT2D eigenvalue weighted by atomic mass is 32.1. The molecule has 9 nitrogen and oxygen atoms in total. The molecule has 4 N–H and O–H groups in total. The van der Waals surface area contributed by atoms with E-state index >= 15 is 0 Å². The SMILES string of the molecule is NC(=O)CN(C(=O)c1ccc2c(c1)OCCO2)c1nc2ccc(-c3ccnc(N)c3)cc2s1. The van der Waals surface area contributed by atoms with E-state index in [2.05, 4.69) is 9.97 Å². The van der Waals surface area contributed by atoms with Crippen molar-refractivity contribution in [3.63, 3.8) is 0 Å². The van der Waals surface area contributed by atoms with E-state index in [0.717, 1.165) is 15.8 Å². The molecule has 1 aliphatic rings. The molecule has 0 unspecified atom stereocenters. The highest BCUT2D eigenvalue weighted by Crippen LogP contribution is 2.35. The van der Waals surface area contributed by atoms with Crippen LogP contribution in [-0.4, -0.2) is 41.5 Å². The van der Waals surface area contributed by atoms with Crippen molar-refractivity contribution in [3.8, 4) is 22.6 Å². The molecule has 2 aromatic carbocycles. The van der Waals surface area contributed by atoms with Gasteiger partial charge in [-0.1, -0.05) is 17.4 Å². The Morgan fingerprint density at radius 2 is 1.79 bits per heavy atom. The van der Waals surface area contributed by atoms with Crippen molar-refractivity contribution in [1.82, 2.24) is 9.97 Å². The Balaban J connectivity index is 1.51. The van der Waals surface area contributed by atoms with Crippen LogP contribution in [0, 0.1) is 0 Å². The minimum atomic E-state index is -0.645. The summed E-state index contributed by atoms with van der Waals surface area (Å²) in [5.41, 5.74) is 14.1. The fourth-order valence-electron chi connectivity index (χ4n) is 3.55. The monoisotopic (exact) mass is 461 g/mol. The van der Waals surface area contributed by atoms with Crippen LogP contribution in [0.25, 0.3) is 21.3 Å². The number of anilines is 2. The molecule has 0 fully saturated rings. The summed E-state index contributed by atoms with van der Waals surface area (Å²) < 4.78 is 11.9. The van der Waals surface area contributed by atoms with Gasteiger partial charge in [0, 0.05) is 11.8 Å². The van der Waals surface area contributed by atoms with E-state index in [1.54, 1.807) is 30.5 Å². The van der Waals surface area contributed by atoms with Crippen molar-refractivity contribution in [2.75, 3.05) is 30.4 Å². The topological polar surface area (TPSA) is 134 Å². The first-order valence-corrected chi connectivity index (χ1v) is 10.9. The molecule has 2 amide bonds. The Morgan fingerprint density at radius 3 is 2.58 bits per heavy atom. The van der Waals surface area contributed by atoms with Gasteiger partial charge in [0.05, 0.1) is 10.2 Å². The molecule has 2 aromatic heterocycles. The van der Waals surface area contributed by atoms with Crippen LogP contribution in [0.5, 0.6) is 11.5 Å². The first-order valence-electron chi connectivity index (χ1n) is 10.1. The Kier molecular flexibility index (Phi) is 5.27. The summed E-state index contributed by atoms with van der Waals surface area (Å²) in [5, 5.41) is 0.370. The Morgan fingerprint density at radius 1 is 1.00 bits per heavy atom. The van der Waals surface area contributed by atoms with Crippen LogP contribution in [0.2, 0.25) is 0 Å². The molecule has 33 heavy (non-hydrogen) atoms. The Bertz CT molecular complexity index is 1390. The number of thiazole rings is 1. The van der Waals surface area contributed by atoms with E-state index in [1.165, 1.54) is 16.2 Å². The number of amides is 2. The molecule has 0 atom stereocenters. The van der Waals surface area contributed by atoms with Gasteiger partial charge in [0.25, 0.3) is 5.91 Å². The average molecular weight is 462 g/mol. The van der Waals surface area contributed by atoms with Crippen molar-refractivity contribution in [2.45, 2.75) is 0 Å². The van der Waals surface area contributed by atoms with Crippen LogP contribution in [-0.2, 0) is 4.79 Å². The van der Waals surface area contributed by atoms with Crippen LogP contribution < -0.4 is 25.8 Å². The Hall–Kier alpha value is -4.18. The van der Waals surface area contributed by atoms with E-state index in [9.17, 15) is 9.59 Å². The van der Waals surface area contributed by atoms with Gasteiger partial charge in [0.1, 0.15) is 25.6 Å². The minimum absolute atomic E-state index is 0.305. The number of aromatic nitrogens is 2. The predicted octanol–water partition coefficient (Wildman–Crippen LogP) is 2.84. The van der Waals surface area contributed by atoms with Gasteiger partial charge in [0.2, 0.25) is 5.91 Å². The standard InChI is InChI=1S/C23H19N5O4S/c24-20-11-14(5-6-26-20)13-1-3-16-19(10-13)33-23(27-16)28(12-21(25)29)22(30)15-2-4-17-18(9-15)32-8-7-31-17/h1-6,9-11H,7-8,12H2,(H2,24,26)(H2,25,29). The van der Waals surface area contributed by atoms with Gasteiger partial charge in [-0.15, -0.1) is 0 Å². The van der Waals surface area contributed by atoms with Crippen molar-refractivity contribution < 1.29 is 19.1 Å². The van der Waals surface area contributed by atoms with Crippen molar-refractivity contribution in [1.29, 1.82) is 0 Å². The van der Waals surface area contributed by atoms with Crippen LogP contribution in [0.1, 0.15) is 10.4 Å². The summed E-state index contributed by atoms with van der Waals surface area (Å²) in [6, 6.07) is 14.3. The number of fused-ring (bicyclic) bond motifs is 2. The second-order valence-corrected chi connectivity index (χ2v) is 8.37. The van der Waals surface area contributed by atoms with Crippen LogP contribution in [0.15, 0.2) is 54.7 Å². The van der Waals surface area contributed by atoms with Crippen molar-refractivity contribution >= 4 is 44.3 Å². The van der Waals surface area contributed by atoms with Crippen molar-refractivity contribution in [3.05, 3.63) is 60.3 Å². The number of hydrogen-bond acceptors (Lipinski definition) is 8. The molecule has 0 aliphatic carbocycles. The van der Waals surface area contributed by atoms with Crippen LogP contribution in [0.4, 0.5) is 10.9 Å². The zero-order valence-corrected chi connectivity index (χ0v) is 18.2. The fraction of sp³-hybridized carbons (Fsp3) is 0.130. The zero-order chi connectivity index (χ0) is 22.9. The number of benzene rings is 2. The molecule has 0 saturated heterocycles. The quantitative estimate of drug-likeness (QED) is 0.467. The number of hydrogen-bond donors (Lipinski definition) is 2. The number of rotatable bonds is 5. The van der Waals surface area contributed by atoms with Crippen LogP contribution in [0.3, 0.4) is 0 Å². The lowest BCUT2D eigenvalue weighted by Crippen LogP contribution is -2.38. The number of nitrogen functional groups attached to an aromatic ring is 1. The minimum Gasteiger partial charge on any atom is -0.486 e. The third kappa shape index (κ3) is 4.15. The number of carbonyl (C=O) groups excluding carboxylic acids is 2. The molecule has 0 bridgehead atoms. The number of nitrogens with two attached hydrogens (primary N) is 2. The lowest BCUT2D eigenvalue weighted by molar-refractivity contribution is -0.116. The average Bonchev–Trinajstić information content (AvgIpc) is 3.25. The van der Waals surface area contributed by atoms with Gasteiger partial charge in [-0.05, 0) is 53.6 Å². The summed E-state index contributed by atoms with van der Waals surface area (Å²) in [7, 11) is 0. The lowest BCUT2D eigenvalue weighted by Gasteiger charge is -2.21. The molecule has 5 rings (SSSR count). The zero-order valence-electron chi connectivity index (χ0n) is 17.4. The molecule has 3 heterocycles. The summed E-state index contributed by atoms with van der Waals surface area (Å²) in [4.78, 5) is 35.0. The third-order valence-corrected chi connectivity index (χ3v) is 6.11. The number of primary amides is 1. The second kappa shape index (κ2) is 8.40. The lowest BCUT2D eigenvalue weighted by atomic mass is 10.1. The maximum atomic E-state index is 13.3.